The summed E-state index contributed by atoms with van der Waals surface area (Å²) in [6, 6.07) is 12.3. The number of nitro benzene ring substituents is 1. The summed E-state index contributed by atoms with van der Waals surface area (Å²) in [4.78, 5) is 56.5. The van der Waals surface area contributed by atoms with Crippen molar-refractivity contribution in [3.8, 4) is 0 Å². The predicted octanol–water partition coefficient (Wildman–Crippen LogP) is 2.78. The fourth-order valence-corrected chi connectivity index (χ4v) is 7.67. The van der Waals surface area contributed by atoms with Gasteiger partial charge in [0.1, 0.15) is 6.04 Å². The van der Waals surface area contributed by atoms with Gasteiger partial charge in [0.05, 0.1) is 4.92 Å². The highest BCUT2D eigenvalue weighted by atomic mass is 16.6. The van der Waals surface area contributed by atoms with Gasteiger partial charge in [0.25, 0.3) is 11.6 Å². The van der Waals surface area contributed by atoms with Gasteiger partial charge in [-0.25, -0.2) is 0 Å². The third-order valence-corrected chi connectivity index (χ3v) is 10.00. The highest BCUT2D eigenvalue weighted by Gasteiger charge is 2.48. The Morgan fingerprint density at radius 1 is 0.905 bits per heavy atom. The van der Waals surface area contributed by atoms with Crippen LogP contribution in [0.3, 0.4) is 0 Å². The molecule has 220 valence electrons. The highest BCUT2D eigenvalue weighted by molar-refractivity contribution is 6.05. The minimum absolute atomic E-state index is 0.129. The zero-order valence-electron chi connectivity index (χ0n) is 23.7. The molecule has 11 nitrogen and oxygen atoms in total. The van der Waals surface area contributed by atoms with E-state index in [0.717, 1.165) is 75.6 Å². The Kier molecular flexibility index (Phi) is 6.64. The molecule has 0 aromatic heterocycles. The number of rotatable bonds is 6. The molecule has 1 unspecified atom stereocenters. The fraction of sp³-hybridized carbons (Fsp3) is 0.516. The molecule has 4 fully saturated rings. The van der Waals surface area contributed by atoms with Crippen LogP contribution in [0.4, 0.5) is 17.1 Å². The van der Waals surface area contributed by atoms with E-state index in [4.69, 9.17) is 0 Å². The average Bonchev–Trinajstić information content (AvgIpc) is 3.54. The maximum atomic E-state index is 13.0. The van der Waals surface area contributed by atoms with E-state index in [-0.39, 0.29) is 34.8 Å². The molecule has 4 saturated heterocycles. The van der Waals surface area contributed by atoms with Crippen molar-refractivity contribution in [3.63, 3.8) is 0 Å². The summed E-state index contributed by atoms with van der Waals surface area (Å²) in [5.74, 6) is -0.105. The van der Waals surface area contributed by atoms with Crippen LogP contribution in [0.5, 0.6) is 0 Å². The first kappa shape index (κ1) is 26.9. The number of nitrogens with one attached hydrogen (secondary N) is 1. The number of hydrogen-bond acceptors (Lipinski definition) is 8. The summed E-state index contributed by atoms with van der Waals surface area (Å²) in [6.45, 7) is 7.80. The van der Waals surface area contributed by atoms with E-state index < -0.39 is 6.04 Å². The second-order valence-electron chi connectivity index (χ2n) is 12.8. The van der Waals surface area contributed by atoms with Gasteiger partial charge in [-0.1, -0.05) is 0 Å². The van der Waals surface area contributed by atoms with E-state index >= 15 is 0 Å². The standard InChI is InChI=1S/C31H36N6O5/c38-28-8-7-27(29(39)32-28)36-17-22-15-25(5-6-26(22)30(36)40)35-19-31(20-35)11-14-33(18-31)16-21-9-12-34(13-10-21)23-1-3-24(4-2-23)37(41)42/h1-6,15,21,27H,7-14,16-20H2,(H,32,38,39). The largest absolute Gasteiger partial charge is 0.372 e. The molecule has 1 atom stereocenters. The molecule has 7 rings (SSSR count). The third kappa shape index (κ3) is 4.89. The molecule has 0 saturated carbocycles. The molecule has 0 aliphatic carbocycles. The maximum absolute atomic E-state index is 13.0. The first-order chi connectivity index (χ1) is 20.3. The van der Waals surface area contributed by atoms with Gasteiger partial charge < -0.3 is 19.6 Å². The molecule has 1 spiro atoms. The van der Waals surface area contributed by atoms with Crippen LogP contribution in [-0.2, 0) is 16.1 Å². The first-order valence-corrected chi connectivity index (χ1v) is 15.0. The van der Waals surface area contributed by atoms with Crippen LogP contribution in [0.25, 0.3) is 0 Å². The SMILES string of the molecule is O=C1CCC(N2Cc3cc(N4CC5(CCN(CC6CCN(c7ccc([N+](=O)[O-])cc7)CC6)C5)C4)ccc3C2=O)C(=O)N1. The number of nitro groups is 1. The topological polar surface area (TPSA) is 119 Å². The van der Waals surface area contributed by atoms with Crippen LogP contribution in [0.1, 0.15) is 48.0 Å². The third-order valence-electron chi connectivity index (χ3n) is 10.00. The number of fused-ring (bicyclic) bond motifs is 1. The lowest BCUT2D eigenvalue weighted by Gasteiger charge is -2.50. The summed E-state index contributed by atoms with van der Waals surface area (Å²) >= 11 is 0. The van der Waals surface area contributed by atoms with Crippen molar-refractivity contribution in [1.82, 2.24) is 15.1 Å². The lowest BCUT2D eigenvalue weighted by atomic mass is 9.78. The van der Waals surface area contributed by atoms with Crippen LogP contribution >= 0.6 is 0 Å². The van der Waals surface area contributed by atoms with E-state index in [1.807, 2.05) is 24.3 Å². The van der Waals surface area contributed by atoms with Crippen LogP contribution in [0.2, 0.25) is 0 Å². The predicted molar refractivity (Wildman–Crippen MR) is 156 cm³/mol. The van der Waals surface area contributed by atoms with Crippen molar-refractivity contribution >= 4 is 34.8 Å². The molecule has 0 radical (unpaired) electrons. The molecule has 5 heterocycles. The Morgan fingerprint density at radius 2 is 1.64 bits per heavy atom. The maximum Gasteiger partial charge on any atom is 0.269 e. The number of anilines is 2. The Morgan fingerprint density at radius 3 is 2.36 bits per heavy atom. The van der Waals surface area contributed by atoms with Gasteiger partial charge in [0, 0.05) is 86.7 Å². The number of carbonyl (C=O) groups is 3. The monoisotopic (exact) mass is 572 g/mol. The number of hydrogen-bond donors (Lipinski definition) is 1. The lowest BCUT2D eigenvalue weighted by Crippen LogP contribution is -2.58. The smallest absolute Gasteiger partial charge is 0.269 e. The number of likely N-dealkylation sites (tertiary alicyclic amines) is 1. The quantitative estimate of drug-likeness (QED) is 0.319. The van der Waals surface area contributed by atoms with Crippen LogP contribution in [0.15, 0.2) is 42.5 Å². The molecule has 0 bridgehead atoms. The van der Waals surface area contributed by atoms with Crippen molar-refractivity contribution < 1.29 is 19.3 Å². The van der Waals surface area contributed by atoms with E-state index in [9.17, 15) is 24.5 Å². The Labute approximate surface area is 244 Å². The molecule has 42 heavy (non-hydrogen) atoms. The second-order valence-corrected chi connectivity index (χ2v) is 12.8. The van der Waals surface area contributed by atoms with Crippen molar-refractivity contribution in [2.24, 2.45) is 11.3 Å². The molecule has 2 aromatic rings. The van der Waals surface area contributed by atoms with E-state index in [1.165, 1.54) is 6.42 Å². The number of non-ortho nitro benzene ring substituents is 1. The number of benzene rings is 2. The fourth-order valence-electron chi connectivity index (χ4n) is 7.67. The second kappa shape index (κ2) is 10.4. The number of carbonyl (C=O) groups excluding carboxylic acids is 3. The van der Waals surface area contributed by atoms with E-state index in [1.54, 1.807) is 17.0 Å². The van der Waals surface area contributed by atoms with Crippen molar-refractivity contribution in [1.29, 1.82) is 0 Å². The number of piperidine rings is 2. The normalized spacial score (nSPS) is 24.2. The zero-order chi connectivity index (χ0) is 29.0. The Balaban J connectivity index is 0.897. The zero-order valence-corrected chi connectivity index (χ0v) is 23.7. The molecule has 2 aromatic carbocycles. The summed E-state index contributed by atoms with van der Waals surface area (Å²) in [5.41, 5.74) is 4.27. The average molecular weight is 573 g/mol. The van der Waals surface area contributed by atoms with Crippen molar-refractivity contribution in [2.45, 2.75) is 44.7 Å². The van der Waals surface area contributed by atoms with Crippen LogP contribution < -0.4 is 15.1 Å². The summed E-state index contributed by atoms with van der Waals surface area (Å²) in [6.07, 6.45) is 4.11. The van der Waals surface area contributed by atoms with E-state index in [2.05, 4.69) is 26.1 Å². The summed E-state index contributed by atoms with van der Waals surface area (Å²) in [5, 5.41) is 13.3. The first-order valence-electron chi connectivity index (χ1n) is 15.0. The molecular formula is C31H36N6O5. The van der Waals surface area contributed by atoms with Crippen LogP contribution in [0, 0.1) is 21.4 Å². The lowest BCUT2D eigenvalue weighted by molar-refractivity contribution is -0.384. The summed E-state index contributed by atoms with van der Waals surface area (Å²) < 4.78 is 0. The minimum atomic E-state index is -0.586. The Hall–Kier alpha value is -3.99. The molecular weight excluding hydrogens is 536 g/mol. The molecule has 3 amide bonds. The van der Waals surface area contributed by atoms with Crippen molar-refractivity contribution in [3.05, 3.63) is 63.7 Å². The van der Waals surface area contributed by atoms with Crippen LogP contribution in [-0.4, -0.2) is 84.3 Å². The molecule has 1 N–H and O–H groups in total. The van der Waals surface area contributed by atoms with Gasteiger partial charge in [0.15, 0.2) is 0 Å². The molecule has 11 heteroatoms. The van der Waals surface area contributed by atoms with Gasteiger partial charge in [0.2, 0.25) is 11.8 Å². The molecule has 5 aliphatic heterocycles. The van der Waals surface area contributed by atoms with Gasteiger partial charge in [-0.3, -0.25) is 29.8 Å². The molecule has 5 aliphatic rings. The van der Waals surface area contributed by atoms with Gasteiger partial charge in [-0.05, 0) is 74.0 Å². The highest BCUT2D eigenvalue weighted by Crippen LogP contribution is 2.43. The van der Waals surface area contributed by atoms with Gasteiger partial charge in [-0.15, -0.1) is 0 Å². The van der Waals surface area contributed by atoms with Crippen molar-refractivity contribution in [2.75, 3.05) is 55.6 Å². The number of nitrogens with zero attached hydrogens (tertiary/aromatic N) is 5. The Bertz CT molecular complexity index is 1430. The van der Waals surface area contributed by atoms with E-state index in [0.29, 0.717) is 29.9 Å². The van der Waals surface area contributed by atoms with Gasteiger partial charge >= 0.3 is 0 Å². The number of imide groups is 1. The summed E-state index contributed by atoms with van der Waals surface area (Å²) in [7, 11) is 0. The number of amides is 3. The van der Waals surface area contributed by atoms with Gasteiger partial charge in [-0.2, -0.15) is 0 Å². The minimum Gasteiger partial charge on any atom is -0.372 e.